The van der Waals surface area contributed by atoms with E-state index in [1.54, 1.807) is 0 Å². The lowest BCUT2D eigenvalue weighted by Gasteiger charge is -2.23. The summed E-state index contributed by atoms with van der Waals surface area (Å²) in [4.78, 5) is 14.0. The number of nitrogens with zero attached hydrogens (tertiary/aromatic N) is 3. The first-order valence-electron chi connectivity index (χ1n) is 8.50. The Balaban J connectivity index is 1.56. The van der Waals surface area contributed by atoms with E-state index in [0.29, 0.717) is 19.6 Å². The average molecular weight is 322 g/mol. The van der Waals surface area contributed by atoms with E-state index in [-0.39, 0.29) is 18.4 Å². The van der Waals surface area contributed by atoms with Crippen LogP contribution in [0, 0.1) is 5.92 Å². The van der Waals surface area contributed by atoms with Crippen molar-refractivity contribution < 1.29 is 15.0 Å². The zero-order valence-corrected chi connectivity index (χ0v) is 13.4. The standard InChI is InChI=1S/C16H26N4O3/c21-11-15(22)10-19-5-2-6-20-14(9-19)7-13(18-20)8-17-16(23)12-3-1-4-12/h7,12,15,21-22H,1-6,8-11H2,(H,17,23)/t15-/m0/s1. The number of aliphatic hydroxyl groups excluding tert-OH is 2. The van der Waals surface area contributed by atoms with Crippen molar-refractivity contribution in [1.82, 2.24) is 20.0 Å². The summed E-state index contributed by atoms with van der Waals surface area (Å²) in [5.41, 5.74) is 1.98. The lowest BCUT2D eigenvalue weighted by atomic mass is 9.85. The van der Waals surface area contributed by atoms with E-state index in [0.717, 1.165) is 50.2 Å². The number of β-amino-alcohol motifs (C(OH)–C–C–N with tert-alkyl or cyclic N) is 1. The van der Waals surface area contributed by atoms with Gasteiger partial charge in [-0.25, -0.2) is 0 Å². The largest absolute Gasteiger partial charge is 0.394 e. The molecule has 1 fully saturated rings. The molecule has 23 heavy (non-hydrogen) atoms. The summed E-state index contributed by atoms with van der Waals surface area (Å²) >= 11 is 0. The quantitative estimate of drug-likeness (QED) is 0.678. The van der Waals surface area contributed by atoms with Crippen LogP contribution in [0.3, 0.4) is 0 Å². The van der Waals surface area contributed by atoms with Crippen LogP contribution >= 0.6 is 0 Å². The summed E-state index contributed by atoms with van der Waals surface area (Å²) in [5, 5.41) is 26.2. The van der Waals surface area contributed by atoms with Crippen molar-refractivity contribution in [1.29, 1.82) is 0 Å². The Kier molecular flexibility index (Phi) is 5.30. The predicted molar refractivity (Wildman–Crippen MR) is 84.4 cm³/mol. The molecule has 0 unspecified atom stereocenters. The van der Waals surface area contributed by atoms with Crippen molar-refractivity contribution in [3.8, 4) is 0 Å². The number of carbonyl (C=O) groups excluding carboxylic acids is 1. The molecule has 128 valence electrons. The molecule has 1 aliphatic heterocycles. The minimum absolute atomic E-state index is 0.145. The van der Waals surface area contributed by atoms with Crippen LogP contribution < -0.4 is 5.32 Å². The van der Waals surface area contributed by atoms with Gasteiger partial charge in [0.1, 0.15) is 0 Å². The topological polar surface area (TPSA) is 90.6 Å². The second kappa shape index (κ2) is 7.42. The lowest BCUT2D eigenvalue weighted by Crippen LogP contribution is -2.34. The van der Waals surface area contributed by atoms with Crippen molar-refractivity contribution in [3.63, 3.8) is 0 Å². The van der Waals surface area contributed by atoms with E-state index in [1.807, 2.05) is 10.7 Å². The molecule has 1 aliphatic carbocycles. The maximum atomic E-state index is 11.9. The number of amides is 1. The van der Waals surface area contributed by atoms with E-state index in [2.05, 4.69) is 15.3 Å². The molecule has 1 aromatic rings. The number of rotatable bonds is 6. The molecule has 3 rings (SSSR count). The number of hydrogen-bond acceptors (Lipinski definition) is 5. The molecule has 1 atom stereocenters. The van der Waals surface area contributed by atoms with Gasteiger partial charge >= 0.3 is 0 Å². The molecule has 1 aromatic heterocycles. The SMILES string of the molecule is O=C(NCc1cc2n(n1)CCCN(C[C@H](O)CO)C2)C1CCC1. The van der Waals surface area contributed by atoms with E-state index in [9.17, 15) is 9.90 Å². The lowest BCUT2D eigenvalue weighted by molar-refractivity contribution is -0.127. The molecule has 0 bridgehead atoms. The molecule has 0 saturated heterocycles. The van der Waals surface area contributed by atoms with Gasteiger partial charge in [0.15, 0.2) is 0 Å². The Morgan fingerprint density at radius 3 is 2.91 bits per heavy atom. The second-order valence-electron chi connectivity index (χ2n) is 6.62. The smallest absolute Gasteiger partial charge is 0.223 e. The second-order valence-corrected chi connectivity index (χ2v) is 6.62. The fraction of sp³-hybridized carbons (Fsp3) is 0.750. The minimum Gasteiger partial charge on any atom is -0.394 e. The molecule has 2 aliphatic rings. The van der Waals surface area contributed by atoms with Crippen molar-refractivity contribution in [3.05, 3.63) is 17.5 Å². The van der Waals surface area contributed by atoms with E-state index >= 15 is 0 Å². The normalized spacial score (nSPS) is 20.4. The summed E-state index contributed by atoms with van der Waals surface area (Å²) in [5.74, 6) is 0.345. The van der Waals surface area contributed by atoms with Crippen LogP contribution in [0.5, 0.6) is 0 Å². The number of aliphatic hydroxyl groups is 2. The number of aromatic nitrogens is 2. The Morgan fingerprint density at radius 2 is 2.22 bits per heavy atom. The number of fused-ring (bicyclic) bond motifs is 1. The maximum Gasteiger partial charge on any atom is 0.223 e. The summed E-state index contributed by atoms with van der Waals surface area (Å²) in [6.07, 6.45) is 3.43. The predicted octanol–water partition coefficient (Wildman–Crippen LogP) is -0.142. The average Bonchev–Trinajstić information content (AvgIpc) is 2.76. The maximum absolute atomic E-state index is 11.9. The number of hydrogen-bond donors (Lipinski definition) is 3. The van der Waals surface area contributed by atoms with Gasteiger partial charge in [0.2, 0.25) is 5.91 Å². The molecular formula is C16H26N4O3. The van der Waals surface area contributed by atoms with E-state index in [1.165, 1.54) is 0 Å². The zero-order valence-electron chi connectivity index (χ0n) is 13.4. The first-order valence-corrected chi connectivity index (χ1v) is 8.50. The van der Waals surface area contributed by atoms with Crippen molar-refractivity contribution >= 4 is 5.91 Å². The highest BCUT2D eigenvalue weighted by molar-refractivity contribution is 5.79. The summed E-state index contributed by atoms with van der Waals surface area (Å²) in [6, 6.07) is 2.03. The monoisotopic (exact) mass is 322 g/mol. The van der Waals surface area contributed by atoms with Crippen LogP contribution in [-0.2, 0) is 24.4 Å². The van der Waals surface area contributed by atoms with E-state index < -0.39 is 6.10 Å². The van der Waals surface area contributed by atoms with Gasteiger partial charge < -0.3 is 15.5 Å². The third-order valence-electron chi connectivity index (χ3n) is 4.74. The van der Waals surface area contributed by atoms with Gasteiger partial charge in [-0.3, -0.25) is 14.4 Å². The van der Waals surface area contributed by atoms with Gasteiger partial charge in [-0.2, -0.15) is 5.10 Å². The summed E-state index contributed by atoms with van der Waals surface area (Å²) < 4.78 is 2.00. The van der Waals surface area contributed by atoms with Gasteiger partial charge in [-0.1, -0.05) is 6.42 Å². The molecule has 7 heteroatoms. The van der Waals surface area contributed by atoms with E-state index in [4.69, 9.17) is 5.11 Å². The zero-order chi connectivity index (χ0) is 16.2. The molecule has 7 nitrogen and oxygen atoms in total. The third kappa shape index (κ3) is 4.10. The molecule has 0 aromatic carbocycles. The first kappa shape index (κ1) is 16.4. The van der Waals surface area contributed by atoms with Crippen LogP contribution in [0.2, 0.25) is 0 Å². The number of aryl methyl sites for hydroxylation is 1. The highest BCUT2D eigenvalue weighted by Gasteiger charge is 2.25. The van der Waals surface area contributed by atoms with Gasteiger partial charge in [-0.15, -0.1) is 0 Å². The Hall–Kier alpha value is -1.44. The van der Waals surface area contributed by atoms with Crippen LogP contribution in [0.1, 0.15) is 37.1 Å². The summed E-state index contributed by atoms with van der Waals surface area (Å²) in [7, 11) is 0. The number of nitrogens with one attached hydrogen (secondary N) is 1. The summed E-state index contributed by atoms with van der Waals surface area (Å²) in [6.45, 7) is 3.17. The van der Waals surface area contributed by atoms with Crippen LogP contribution in [0.4, 0.5) is 0 Å². The molecule has 0 radical (unpaired) electrons. The molecule has 1 saturated carbocycles. The Bertz CT molecular complexity index is 541. The Morgan fingerprint density at radius 1 is 1.39 bits per heavy atom. The van der Waals surface area contributed by atoms with Crippen LogP contribution in [-0.4, -0.2) is 56.6 Å². The van der Waals surface area contributed by atoms with Crippen molar-refractivity contribution in [2.75, 3.05) is 19.7 Å². The van der Waals surface area contributed by atoms with Gasteiger partial charge in [-0.05, 0) is 25.3 Å². The molecule has 2 heterocycles. The van der Waals surface area contributed by atoms with Crippen LogP contribution in [0.15, 0.2) is 6.07 Å². The third-order valence-corrected chi connectivity index (χ3v) is 4.74. The first-order chi connectivity index (χ1) is 11.2. The fourth-order valence-electron chi connectivity index (χ4n) is 3.18. The number of carbonyl (C=O) groups is 1. The highest BCUT2D eigenvalue weighted by Crippen LogP contribution is 2.26. The highest BCUT2D eigenvalue weighted by atomic mass is 16.3. The van der Waals surface area contributed by atoms with Gasteiger partial charge in [0.25, 0.3) is 0 Å². The fourth-order valence-corrected chi connectivity index (χ4v) is 3.18. The van der Waals surface area contributed by atoms with Gasteiger partial charge in [0.05, 0.1) is 30.6 Å². The molecule has 3 N–H and O–H groups in total. The minimum atomic E-state index is -0.703. The van der Waals surface area contributed by atoms with Gasteiger partial charge in [0, 0.05) is 32.1 Å². The Labute approximate surface area is 136 Å². The molecule has 0 spiro atoms. The van der Waals surface area contributed by atoms with Crippen molar-refractivity contribution in [2.45, 2.75) is 51.4 Å². The molecule has 1 amide bonds. The van der Waals surface area contributed by atoms with Crippen LogP contribution in [0.25, 0.3) is 0 Å². The molecular weight excluding hydrogens is 296 g/mol. The van der Waals surface area contributed by atoms with Crippen molar-refractivity contribution in [2.24, 2.45) is 5.92 Å².